The first-order valence-corrected chi connectivity index (χ1v) is 8.91. The van der Waals surface area contributed by atoms with Crippen molar-refractivity contribution in [3.8, 4) is 17.2 Å². The van der Waals surface area contributed by atoms with Crippen molar-refractivity contribution in [3.05, 3.63) is 46.8 Å². The maximum atomic E-state index is 12.5. The van der Waals surface area contributed by atoms with Gasteiger partial charge in [-0.25, -0.2) is 0 Å². The summed E-state index contributed by atoms with van der Waals surface area (Å²) in [7, 11) is 4.79. The molecule has 2 aromatic carbocycles. The number of nitrogens with zero attached hydrogens (tertiary/aromatic N) is 2. The minimum absolute atomic E-state index is 0.291. The van der Waals surface area contributed by atoms with Crippen molar-refractivity contribution in [1.82, 2.24) is 4.57 Å². The number of benzene rings is 2. The molecule has 0 unspecified atom stereocenters. The molecular formula is C19H20N2O4S. The average molecular weight is 372 g/mol. The first kappa shape index (κ1) is 18.0. The largest absolute Gasteiger partial charge is 0.497 e. The number of carbonyl (C=O) groups excluding carboxylic acids is 1. The number of aryl methyl sites for hydroxylation is 1. The lowest BCUT2D eigenvalue weighted by molar-refractivity contribution is 0.0998. The summed E-state index contributed by atoms with van der Waals surface area (Å²) in [5.41, 5.74) is 1.47. The lowest BCUT2D eigenvalue weighted by atomic mass is 10.2. The molecule has 0 saturated carbocycles. The van der Waals surface area contributed by atoms with Gasteiger partial charge in [-0.1, -0.05) is 11.3 Å². The van der Waals surface area contributed by atoms with Crippen LogP contribution in [0.15, 0.2) is 41.4 Å². The quantitative estimate of drug-likeness (QED) is 0.688. The molecule has 1 amide bonds. The zero-order chi connectivity index (χ0) is 18.7. The van der Waals surface area contributed by atoms with Crippen LogP contribution in [0.2, 0.25) is 0 Å². The summed E-state index contributed by atoms with van der Waals surface area (Å²) < 4.78 is 18.8. The summed E-state index contributed by atoms with van der Waals surface area (Å²) in [6, 6.07) is 10.7. The van der Waals surface area contributed by atoms with Gasteiger partial charge in [0.05, 0.1) is 31.5 Å². The molecule has 0 aliphatic heterocycles. The van der Waals surface area contributed by atoms with Crippen LogP contribution >= 0.6 is 11.3 Å². The summed E-state index contributed by atoms with van der Waals surface area (Å²) in [6.07, 6.45) is 0. The normalized spacial score (nSPS) is 11.6. The van der Waals surface area contributed by atoms with Crippen LogP contribution in [0.4, 0.5) is 0 Å². The molecule has 1 heterocycles. The number of ether oxygens (including phenoxy) is 3. The molecule has 3 aromatic rings. The Morgan fingerprint density at radius 2 is 1.69 bits per heavy atom. The van der Waals surface area contributed by atoms with Crippen LogP contribution in [0.25, 0.3) is 10.2 Å². The molecule has 0 fully saturated rings. The van der Waals surface area contributed by atoms with Gasteiger partial charge in [0, 0.05) is 24.2 Å². The van der Waals surface area contributed by atoms with Gasteiger partial charge in [0.1, 0.15) is 5.75 Å². The highest BCUT2D eigenvalue weighted by Gasteiger charge is 2.13. The Balaban J connectivity index is 2.10. The van der Waals surface area contributed by atoms with Crippen LogP contribution in [0.3, 0.4) is 0 Å². The number of hydrogen-bond donors (Lipinski definition) is 0. The molecule has 6 nitrogen and oxygen atoms in total. The van der Waals surface area contributed by atoms with Gasteiger partial charge in [0.25, 0.3) is 5.91 Å². The highest BCUT2D eigenvalue weighted by atomic mass is 32.1. The van der Waals surface area contributed by atoms with Gasteiger partial charge in [0.2, 0.25) is 0 Å². The fraction of sp³-hybridized carbons (Fsp3) is 0.263. The van der Waals surface area contributed by atoms with Gasteiger partial charge in [-0.3, -0.25) is 4.79 Å². The SMILES string of the molecule is CCn1c(=NC(=O)c2ccc(OC)cc2)sc2cc(OC)c(OC)cc21. The molecule has 0 aliphatic rings. The third-order valence-corrected chi connectivity index (χ3v) is 5.08. The van der Waals surface area contributed by atoms with Crippen LogP contribution in [-0.2, 0) is 6.54 Å². The first-order valence-electron chi connectivity index (χ1n) is 8.09. The minimum atomic E-state index is -0.291. The van der Waals surface area contributed by atoms with Crippen LogP contribution in [-0.4, -0.2) is 31.8 Å². The predicted octanol–water partition coefficient (Wildman–Crippen LogP) is 3.49. The van der Waals surface area contributed by atoms with Crippen molar-refractivity contribution in [2.45, 2.75) is 13.5 Å². The zero-order valence-corrected chi connectivity index (χ0v) is 15.9. The topological polar surface area (TPSA) is 62.1 Å². The smallest absolute Gasteiger partial charge is 0.279 e. The molecule has 26 heavy (non-hydrogen) atoms. The van der Waals surface area contributed by atoms with Gasteiger partial charge in [-0.2, -0.15) is 4.99 Å². The van der Waals surface area contributed by atoms with Gasteiger partial charge in [-0.05, 0) is 31.2 Å². The zero-order valence-electron chi connectivity index (χ0n) is 15.1. The van der Waals surface area contributed by atoms with Gasteiger partial charge in [-0.15, -0.1) is 0 Å². The minimum Gasteiger partial charge on any atom is -0.497 e. The van der Waals surface area contributed by atoms with E-state index in [1.165, 1.54) is 11.3 Å². The van der Waals surface area contributed by atoms with Crippen molar-refractivity contribution in [2.24, 2.45) is 4.99 Å². The third-order valence-electron chi connectivity index (χ3n) is 4.04. The summed E-state index contributed by atoms with van der Waals surface area (Å²) in [6.45, 7) is 2.70. The fourth-order valence-electron chi connectivity index (χ4n) is 2.67. The van der Waals surface area contributed by atoms with E-state index in [9.17, 15) is 4.79 Å². The Morgan fingerprint density at radius 1 is 1.04 bits per heavy atom. The predicted molar refractivity (Wildman–Crippen MR) is 101 cm³/mol. The Labute approximate surface area is 155 Å². The number of methoxy groups -OCH3 is 3. The number of fused-ring (bicyclic) bond motifs is 1. The van der Waals surface area contributed by atoms with Gasteiger partial charge < -0.3 is 18.8 Å². The first-order chi connectivity index (χ1) is 12.6. The van der Waals surface area contributed by atoms with E-state index in [2.05, 4.69) is 4.99 Å². The van der Waals surface area contributed by atoms with Crippen LogP contribution in [0, 0.1) is 0 Å². The number of aromatic nitrogens is 1. The number of rotatable bonds is 5. The monoisotopic (exact) mass is 372 g/mol. The molecule has 3 rings (SSSR count). The Kier molecular flexibility index (Phi) is 5.27. The maximum Gasteiger partial charge on any atom is 0.279 e. The summed E-state index contributed by atoms with van der Waals surface area (Å²) >= 11 is 1.44. The van der Waals surface area contributed by atoms with Gasteiger partial charge in [0.15, 0.2) is 16.3 Å². The third kappa shape index (κ3) is 3.30. The number of carbonyl (C=O) groups is 1. The molecule has 0 atom stereocenters. The molecule has 0 radical (unpaired) electrons. The van der Waals surface area contributed by atoms with Crippen LogP contribution < -0.4 is 19.0 Å². The molecular weight excluding hydrogens is 352 g/mol. The van der Waals surface area contributed by atoms with E-state index in [1.807, 2.05) is 23.6 Å². The molecule has 7 heteroatoms. The van der Waals surface area contributed by atoms with Crippen molar-refractivity contribution < 1.29 is 19.0 Å². The van der Waals surface area contributed by atoms with E-state index in [0.29, 0.717) is 34.2 Å². The Hall–Kier alpha value is -2.80. The lowest BCUT2D eigenvalue weighted by Gasteiger charge is -2.08. The average Bonchev–Trinajstić information content (AvgIpc) is 3.02. The summed E-state index contributed by atoms with van der Waals surface area (Å²) in [5.74, 6) is 1.71. The van der Waals surface area contributed by atoms with E-state index >= 15 is 0 Å². The van der Waals surface area contributed by atoms with Crippen molar-refractivity contribution >= 4 is 27.5 Å². The maximum absolute atomic E-state index is 12.5. The number of thiazole rings is 1. The summed E-state index contributed by atoms with van der Waals surface area (Å²) in [4.78, 5) is 17.5. The van der Waals surface area contributed by atoms with E-state index in [1.54, 1.807) is 45.6 Å². The Bertz CT molecular complexity index is 1000. The summed E-state index contributed by atoms with van der Waals surface area (Å²) in [5, 5.41) is 0. The second kappa shape index (κ2) is 7.61. The standard InChI is InChI=1S/C19H20N2O4S/c1-5-21-14-10-15(24-3)16(25-4)11-17(14)26-19(21)20-18(22)12-6-8-13(23-2)9-7-12/h6-11H,5H2,1-4H3. The molecule has 0 aliphatic carbocycles. The van der Waals surface area contributed by atoms with E-state index < -0.39 is 0 Å². The van der Waals surface area contributed by atoms with E-state index in [0.717, 1.165) is 10.2 Å². The second-order valence-electron chi connectivity index (χ2n) is 5.45. The van der Waals surface area contributed by atoms with Crippen LogP contribution in [0.1, 0.15) is 17.3 Å². The molecule has 0 saturated heterocycles. The van der Waals surface area contributed by atoms with Crippen molar-refractivity contribution in [2.75, 3.05) is 21.3 Å². The molecule has 136 valence electrons. The highest BCUT2D eigenvalue weighted by molar-refractivity contribution is 7.16. The lowest BCUT2D eigenvalue weighted by Crippen LogP contribution is -2.15. The molecule has 0 bridgehead atoms. The van der Waals surface area contributed by atoms with Crippen molar-refractivity contribution in [1.29, 1.82) is 0 Å². The molecule has 0 spiro atoms. The highest BCUT2D eigenvalue weighted by Crippen LogP contribution is 2.33. The van der Waals surface area contributed by atoms with Crippen molar-refractivity contribution in [3.63, 3.8) is 0 Å². The second-order valence-corrected chi connectivity index (χ2v) is 6.46. The fourth-order valence-corrected chi connectivity index (χ4v) is 3.78. The van der Waals surface area contributed by atoms with E-state index in [-0.39, 0.29) is 5.91 Å². The van der Waals surface area contributed by atoms with E-state index in [4.69, 9.17) is 14.2 Å². The number of amides is 1. The van der Waals surface area contributed by atoms with Crippen LogP contribution in [0.5, 0.6) is 17.2 Å². The van der Waals surface area contributed by atoms with Gasteiger partial charge >= 0.3 is 0 Å². The number of hydrogen-bond acceptors (Lipinski definition) is 5. The molecule has 1 aromatic heterocycles. The molecule has 0 N–H and O–H groups in total. The Morgan fingerprint density at radius 3 is 2.27 bits per heavy atom.